The summed E-state index contributed by atoms with van der Waals surface area (Å²) in [4.78, 5) is 12.8. The maximum absolute atomic E-state index is 13.6. The first-order valence-corrected chi connectivity index (χ1v) is 14.0. The van der Waals surface area contributed by atoms with Crippen molar-refractivity contribution in [3.05, 3.63) is 81.0 Å². The van der Waals surface area contributed by atoms with Crippen LogP contribution in [-0.2, 0) is 16.6 Å². The van der Waals surface area contributed by atoms with Crippen LogP contribution in [0, 0.1) is 6.92 Å². The summed E-state index contributed by atoms with van der Waals surface area (Å²) in [6.45, 7) is 8.35. The van der Waals surface area contributed by atoms with Gasteiger partial charge in [-0.2, -0.15) is 4.31 Å². The summed E-state index contributed by atoms with van der Waals surface area (Å²) in [6, 6.07) is 15.2. The lowest BCUT2D eigenvalue weighted by atomic mass is 9.88. The molecule has 180 valence electrons. The van der Waals surface area contributed by atoms with Crippen LogP contribution in [-0.4, -0.2) is 31.2 Å². The average molecular weight is 498 g/mol. The van der Waals surface area contributed by atoms with E-state index in [9.17, 15) is 13.2 Å². The third-order valence-corrected chi connectivity index (χ3v) is 9.42. The molecule has 0 aliphatic carbocycles. The standard InChI is InChI=1S/C27H31NO4S2/c1-5-23-16-28(34(30,31)27-10-8-7-9-25(27)32-23)15-21-13-20(12-11-18(21)3)24(6-2)22-14-26(19(4)29)33-17-22/h7-14,17,23-24H,5-6,15-16H2,1-4H3/t23-,24?/m1/s1. The lowest BCUT2D eigenvalue weighted by Gasteiger charge is -2.24. The van der Waals surface area contributed by atoms with E-state index in [1.807, 2.05) is 19.9 Å². The molecule has 7 heteroatoms. The number of sulfonamides is 1. The monoisotopic (exact) mass is 497 g/mol. The van der Waals surface area contributed by atoms with Crippen molar-refractivity contribution in [1.82, 2.24) is 4.31 Å². The van der Waals surface area contributed by atoms with Crippen molar-refractivity contribution in [2.24, 2.45) is 0 Å². The molecular weight excluding hydrogens is 466 g/mol. The van der Waals surface area contributed by atoms with Gasteiger partial charge in [-0.25, -0.2) is 8.42 Å². The molecule has 3 aromatic rings. The quantitative estimate of drug-likeness (QED) is 0.367. The van der Waals surface area contributed by atoms with Crippen LogP contribution in [0.4, 0.5) is 0 Å². The number of carbonyl (C=O) groups excluding carboxylic acids is 1. The van der Waals surface area contributed by atoms with Crippen LogP contribution < -0.4 is 4.74 Å². The first-order chi connectivity index (χ1) is 16.2. The second kappa shape index (κ2) is 10.0. The third-order valence-electron chi connectivity index (χ3n) is 6.52. The zero-order valence-corrected chi connectivity index (χ0v) is 21.7. The molecule has 2 heterocycles. The second-order valence-electron chi connectivity index (χ2n) is 8.84. The third kappa shape index (κ3) is 4.83. The van der Waals surface area contributed by atoms with Crippen molar-refractivity contribution < 1.29 is 17.9 Å². The molecule has 1 unspecified atom stereocenters. The fourth-order valence-electron chi connectivity index (χ4n) is 4.45. The molecule has 2 atom stereocenters. The van der Waals surface area contributed by atoms with Crippen LogP contribution in [0.15, 0.2) is 58.8 Å². The van der Waals surface area contributed by atoms with Gasteiger partial charge in [0.15, 0.2) is 5.78 Å². The topological polar surface area (TPSA) is 63.7 Å². The van der Waals surface area contributed by atoms with Crippen LogP contribution in [0.3, 0.4) is 0 Å². The minimum atomic E-state index is -3.70. The molecule has 0 amide bonds. The van der Waals surface area contributed by atoms with E-state index in [1.54, 1.807) is 35.5 Å². The van der Waals surface area contributed by atoms with Gasteiger partial charge in [-0.15, -0.1) is 11.3 Å². The number of Topliss-reactive ketones (excluding diaryl/α,β-unsaturated/α-hetero) is 1. The maximum Gasteiger partial charge on any atom is 0.247 e. The summed E-state index contributed by atoms with van der Waals surface area (Å²) < 4.78 is 34.8. The molecule has 2 aromatic carbocycles. The molecule has 0 bridgehead atoms. The predicted octanol–water partition coefficient (Wildman–Crippen LogP) is 6.16. The van der Waals surface area contributed by atoms with E-state index in [1.165, 1.54) is 11.3 Å². The van der Waals surface area contributed by atoms with Crippen LogP contribution in [0.25, 0.3) is 0 Å². The average Bonchev–Trinajstić information content (AvgIpc) is 3.27. The summed E-state index contributed by atoms with van der Waals surface area (Å²) in [5, 5.41) is 2.06. The van der Waals surface area contributed by atoms with Gasteiger partial charge >= 0.3 is 0 Å². The fraction of sp³-hybridized carbons (Fsp3) is 0.370. The molecule has 1 aliphatic rings. The van der Waals surface area contributed by atoms with Crippen molar-refractivity contribution in [2.75, 3.05) is 6.54 Å². The molecule has 0 fully saturated rings. The van der Waals surface area contributed by atoms with Crippen molar-refractivity contribution >= 4 is 27.1 Å². The van der Waals surface area contributed by atoms with Gasteiger partial charge in [0.1, 0.15) is 16.7 Å². The Hall–Kier alpha value is -2.48. The van der Waals surface area contributed by atoms with Gasteiger partial charge in [0.25, 0.3) is 0 Å². The summed E-state index contributed by atoms with van der Waals surface area (Å²) in [5.74, 6) is 0.652. The Morgan fingerprint density at radius 1 is 1.15 bits per heavy atom. The number of para-hydroxylation sites is 1. The van der Waals surface area contributed by atoms with Gasteiger partial charge in [-0.05, 0) is 72.5 Å². The molecule has 0 spiro atoms. The van der Waals surface area contributed by atoms with E-state index in [0.717, 1.165) is 33.6 Å². The molecule has 0 saturated carbocycles. The number of rotatable bonds is 7. The van der Waals surface area contributed by atoms with Crippen LogP contribution >= 0.6 is 11.3 Å². The van der Waals surface area contributed by atoms with E-state index in [0.29, 0.717) is 18.7 Å². The Kier molecular flexibility index (Phi) is 7.26. The summed E-state index contributed by atoms with van der Waals surface area (Å²) in [6.07, 6.45) is 1.40. The molecule has 5 nitrogen and oxygen atoms in total. The highest BCUT2D eigenvalue weighted by molar-refractivity contribution is 7.89. The lowest BCUT2D eigenvalue weighted by molar-refractivity contribution is 0.102. The normalized spacial score (nSPS) is 18.5. The number of ether oxygens (including phenoxy) is 1. The van der Waals surface area contributed by atoms with Gasteiger partial charge in [0.2, 0.25) is 10.0 Å². The minimum absolute atomic E-state index is 0.0787. The van der Waals surface area contributed by atoms with Crippen molar-refractivity contribution in [2.45, 2.75) is 64.0 Å². The molecule has 4 rings (SSSR count). The minimum Gasteiger partial charge on any atom is -0.488 e. The number of fused-ring (bicyclic) bond motifs is 1. The van der Waals surface area contributed by atoms with Crippen molar-refractivity contribution in [1.29, 1.82) is 0 Å². The SMILES string of the molecule is CCC(c1csc(C(C)=O)c1)c1ccc(C)c(CN2C[C@@H](CC)Oc3ccccc3S2(=O)=O)c1. The molecular formula is C27H31NO4S2. The molecule has 34 heavy (non-hydrogen) atoms. The zero-order chi connectivity index (χ0) is 24.5. The number of thiophene rings is 1. The molecule has 0 saturated heterocycles. The summed E-state index contributed by atoms with van der Waals surface area (Å²) in [7, 11) is -3.70. The number of carbonyl (C=O) groups is 1. The van der Waals surface area contributed by atoms with E-state index in [4.69, 9.17) is 4.74 Å². The predicted molar refractivity (Wildman–Crippen MR) is 136 cm³/mol. The zero-order valence-electron chi connectivity index (χ0n) is 20.1. The largest absolute Gasteiger partial charge is 0.488 e. The number of benzene rings is 2. The van der Waals surface area contributed by atoms with Gasteiger partial charge < -0.3 is 4.74 Å². The molecule has 1 aromatic heterocycles. The van der Waals surface area contributed by atoms with Gasteiger partial charge in [0, 0.05) is 12.5 Å². The highest BCUT2D eigenvalue weighted by Crippen LogP contribution is 2.35. The number of ketones is 1. The van der Waals surface area contributed by atoms with E-state index >= 15 is 0 Å². The van der Waals surface area contributed by atoms with E-state index in [2.05, 4.69) is 30.5 Å². The van der Waals surface area contributed by atoms with Gasteiger partial charge in [0.05, 0.1) is 11.4 Å². The lowest BCUT2D eigenvalue weighted by Crippen LogP contribution is -2.36. The summed E-state index contributed by atoms with van der Waals surface area (Å²) in [5.41, 5.74) is 4.29. The van der Waals surface area contributed by atoms with Crippen LogP contribution in [0.1, 0.15) is 71.5 Å². The number of hydrogen-bond donors (Lipinski definition) is 0. The van der Waals surface area contributed by atoms with Crippen LogP contribution in [0.5, 0.6) is 5.75 Å². The number of aryl methyl sites for hydroxylation is 1. The Labute approximate surface area is 206 Å². The first kappa shape index (κ1) is 24.6. The van der Waals surface area contributed by atoms with Crippen molar-refractivity contribution in [3.8, 4) is 5.75 Å². The van der Waals surface area contributed by atoms with Gasteiger partial charge in [-0.3, -0.25) is 4.79 Å². The molecule has 0 radical (unpaired) electrons. The number of hydrogen-bond acceptors (Lipinski definition) is 5. The molecule has 0 N–H and O–H groups in total. The van der Waals surface area contributed by atoms with E-state index < -0.39 is 10.0 Å². The highest BCUT2D eigenvalue weighted by atomic mass is 32.2. The van der Waals surface area contributed by atoms with Gasteiger partial charge in [-0.1, -0.05) is 44.2 Å². The first-order valence-electron chi connectivity index (χ1n) is 11.7. The Balaban J connectivity index is 1.69. The Morgan fingerprint density at radius 3 is 2.59 bits per heavy atom. The Morgan fingerprint density at radius 2 is 1.91 bits per heavy atom. The smallest absolute Gasteiger partial charge is 0.247 e. The maximum atomic E-state index is 13.6. The van der Waals surface area contributed by atoms with Crippen molar-refractivity contribution in [3.63, 3.8) is 0 Å². The fourth-order valence-corrected chi connectivity index (χ4v) is 6.89. The van der Waals surface area contributed by atoms with E-state index in [-0.39, 0.29) is 29.2 Å². The Bertz CT molecular complexity index is 1300. The van der Waals surface area contributed by atoms with Crippen LogP contribution in [0.2, 0.25) is 0 Å². The highest BCUT2D eigenvalue weighted by Gasteiger charge is 2.34. The number of nitrogens with zero attached hydrogens (tertiary/aromatic N) is 1. The second-order valence-corrected chi connectivity index (χ2v) is 11.7. The molecule has 1 aliphatic heterocycles. The summed E-state index contributed by atoms with van der Waals surface area (Å²) >= 11 is 1.48.